The number of carbonyl (C=O) groups excluding carboxylic acids is 2. The Balaban J connectivity index is 1.79. The van der Waals surface area contributed by atoms with Gasteiger partial charge in [0.1, 0.15) is 17.1 Å². The highest BCUT2D eigenvalue weighted by Crippen LogP contribution is 2.21. The Morgan fingerprint density at radius 3 is 2.46 bits per heavy atom. The topological polar surface area (TPSA) is 107 Å². The minimum atomic E-state index is -0.562. The number of anilines is 1. The van der Waals surface area contributed by atoms with Gasteiger partial charge in [0, 0.05) is 11.8 Å². The first-order valence-corrected chi connectivity index (χ1v) is 8.60. The molecule has 2 amide bonds. The summed E-state index contributed by atoms with van der Waals surface area (Å²) in [5.74, 6) is -0.968. The van der Waals surface area contributed by atoms with Crippen LogP contribution in [0.25, 0.3) is 11.0 Å². The molecule has 7 nitrogen and oxygen atoms in total. The summed E-state index contributed by atoms with van der Waals surface area (Å²) in [6, 6.07) is 8.97. The summed E-state index contributed by atoms with van der Waals surface area (Å²) in [4.78, 5) is 32.1. The van der Waals surface area contributed by atoms with Crippen LogP contribution in [0.1, 0.15) is 28.2 Å². The van der Waals surface area contributed by atoms with Crippen molar-refractivity contribution in [3.63, 3.8) is 0 Å². The van der Waals surface area contributed by atoms with Crippen LogP contribution in [0, 0.1) is 19.7 Å². The van der Waals surface area contributed by atoms with Gasteiger partial charge in [-0.1, -0.05) is 0 Å². The van der Waals surface area contributed by atoms with Gasteiger partial charge in [0.05, 0.1) is 35.5 Å². The van der Waals surface area contributed by atoms with Crippen molar-refractivity contribution < 1.29 is 18.7 Å². The van der Waals surface area contributed by atoms with Crippen LogP contribution in [0.15, 0.2) is 36.4 Å². The van der Waals surface area contributed by atoms with Crippen LogP contribution in [0.2, 0.25) is 0 Å². The Hall–Kier alpha value is -3.55. The molecule has 0 aliphatic heterocycles. The zero-order chi connectivity index (χ0) is 20.3. The molecule has 0 saturated heterocycles. The van der Waals surface area contributed by atoms with Crippen molar-refractivity contribution in [2.45, 2.75) is 20.3 Å². The number of nitrogens with two attached hydrogens (primary N) is 1. The molecule has 144 valence electrons. The maximum Gasteiger partial charge on any atom is 0.258 e. The van der Waals surface area contributed by atoms with Crippen LogP contribution in [0.4, 0.5) is 10.1 Å². The monoisotopic (exact) mass is 382 g/mol. The number of carbonyl (C=O) groups is 2. The number of nitrogens with one attached hydrogen (secondary N) is 1. The Labute approximate surface area is 160 Å². The normalized spacial score (nSPS) is 10.7. The summed E-state index contributed by atoms with van der Waals surface area (Å²) in [5.41, 5.74) is 7.68. The molecule has 0 fully saturated rings. The summed E-state index contributed by atoms with van der Waals surface area (Å²) in [5, 5.41) is 2.71. The molecule has 28 heavy (non-hydrogen) atoms. The number of hydrogen-bond donors (Lipinski definition) is 2. The van der Waals surface area contributed by atoms with Crippen molar-refractivity contribution in [3.8, 4) is 5.75 Å². The lowest BCUT2D eigenvalue weighted by molar-refractivity contribution is -0.118. The second kappa shape index (κ2) is 7.99. The third-order valence-electron chi connectivity index (χ3n) is 4.12. The van der Waals surface area contributed by atoms with Crippen molar-refractivity contribution in [1.82, 2.24) is 9.97 Å². The Bertz CT molecular complexity index is 1050. The molecular formula is C20H19FN4O3. The van der Waals surface area contributed by atoms with E-state index in [1.54, 1.807) is 38.1 Å². The maximum atomic E-state index is 14.0. The molecule has 0 radical (unpaired) electrons. The number of aryl methyl sites for hydroxylation is 2. The molecule has 0 unspecified atom stereocenters. The second-order valence-corrected chi connectivity index (χ2v) is 6.26. The predicted molar refractivity (Wildman–Crippen MR) is 103 cm³/mol. The highest BCUT2D eigenvalue weighted by atomic mass is 19.1. The number of rotatable bonds is 6. The quantitative estimate of drug-likeness (QED) is 0.682. The highest BCUT2D eigenvalue weighted by molar-refractivity contribution is 6.11. The molecule has 0 atom stereocenters. The Morgan fingerprint density at radius 1 is 1.11 bits per heavy atom. The molecule has 0 saturated carbocycles. The van der Waals surface area contributed by atoms with Gasteiger partial charge in [-0.05, 0) is 44.2 Å². The van der Waals surface area contributed by atoms with E-state index in [1.165, 1.54) is 6.07 Å². The van der Waals surface area contributed by atoms with Crippen LogP contribution in [0.3, 0.4) is 0 Å². The number of nitrogens with zero attached hydrogens (tertiary/aromatic N) is 2. The SMILES string of the molecule is Cc1nc2cc(F)cc(C(=O)Nc3ccc(OCCC(N)=O)cc3)c2nc1C. The van der Waals surface area contributed by atoms with Gasteiger partial charge >= 0.3 is 0 Å². The number of benzene rings is 2. The summed E-state index contributed by atoms with van der Waals surface area (Å²) in [7, 11) is 0. The van der Waals surface area contributed by atoms with E-state index in [1.807, 2.05) is 0 Å². The van der Waals surface area contributed by atoms with Gasteiger partial charge in [-0.15, -0.1) is 0 Å². The number of ether oxygens (including phenoxy) is 1. The van der Waals surface area contributed by atoms with E-state index >= 15 is 0 Å². The van der Waals surface area contributed by atoms with Gasteiger partial charge in [0.2, 0.25) is 5.91 Å². The summed E-state index contributed by atoms with van der Waals surface area (Å²) < 4.78 is 19.3. The average Bonchev–Trinajstić information content (AvgIpc) is 2.63. The number of halogens is 1. The van der Waals surface area contributed by atoms with Crippen LogP contribution >= 0.6 is 0 Å². The lowest BCUT2D eigenvalue weighted by atomic mass is 10.1. The molecule has 0 aliphatic rings. The van der Waals surface area contributed by atoms with E-state index in [0.29, 0.717) is 33.9 Å². The van der Waals surface area contributed by atoms with Crippen LogP contribution < -0.4 is 15.8 Å². The van der Waals surface area contributed by atoms with Crippen LogP contribution in [0.5, 0.6) is 5.75 Å². The molecule has 3 rings (SSSR count). The molecule has 0 bridgehead atoms. The van der Waals surface area contributed by atoms with Crippen molar-refractivity contribution in [2.24, 2.45) is 5.73 Å². The van der Waals surface area contributed by atoms with E-state index < -0.39 is 17.6 Å². The number of amides is 2. The molecule has 3 N–H and O–H groups in total. The van der Waals surface area contributed by atoms with Crippen molar-refractivity contribution in [2.75, 3.05) is 11.9 Å². The fraction of sp³-hybridized carbons (Fsp3) is 0.200. The van der Waals surface area contributed by atoms with E-state index in [-0.39, 0.29) is 18.6 Å². The maximum absolute atomic E-state index is 14.0. The minimum Gasteiger partial charge on any atom is -0.493 e. The average molecular weight is 382 g/mol. The Kier molecular flexibility index (Phi) is 5.49. The molecular weight excluding hydrogens is 363 g/mol. The van der Waals surface area contributed by atoms with Gasteiger partial charge in [0.25, 0.3) is 5.91 Å². The first-order chi connectivity index (χ1) is 13.3. The summed E-state index contributed by atoms with van der Waals surface area (Å²) in [6.07, 6.45) is 0.116. The number of hydrogen-bond acceptors (Lipinski definition) is 5. The molecule has 0 spiro atoms. The van der Waals surface area contributed by atoms with Gasteiger partial charge in [-0.3, -0.25) is 9.59 Å². The van der Waals surface area contributed by atoms with Crippen molar-refractivity contribution in [1.29, 1.82) is 0 Å². The summed E-state index contributed by atoms with van der Waals surface area (Å²) in [6.45, 7) is 3.73. The van der Waals surface area contributed by atoms with Crippen molar-refractivity contribution >= 4 is 28.5 Å². The fourth-order valence-electron chi connectivity index (χ4n) is 2.57. The van der Waals surface area contributed by atoms with E-state index in [0.717, 1.165) is 6.07 Å². The third-order valence-corrected chi connectivity index (χ3v) is 4.12. The predicted octanol–water partition coefficient (Wildman–Crippen LogP) is 2.89. The lowest BCUT2D eigenvalue weighted by Gasteiger charge is -2.10. The minimum absolute atomic E-state index is 0.104. The second-order valence-electron chi connectivity index (χ2n) is 6.26. The largest absolute Gasteiger partial charge is 0.493 e. The standard InChI is InChI=1S/C20H19FN4O3/c1-11-12(2)24-19-16(9-13(21)10-17(19)23-11)20(27)25-14-3-5-15(6-4-14)28-8-7-18(22)26/h3-6,9-10H,7-8H2,1-2H3,(H2,22,26)(H,25,27). The zero-order valence-corrected chi connectivity index (χ0v) is 15.5. The van der Waals surface area contributed by atoms with E-state index in [4.69, 9.17) is 10.5 Å². The first kappa shape index (κ1) is 19.2. The summed E-state index contributed by atoms with van der Waals surface area (Å²) >= 11 is 0. The van der Waals surface area contributed by atoms with Gasteiger partial charge in [0.15, 0.2) is 0 Å². The number of aromatic nitrogens is 2. The number of fused-ring (bicyclic) bond motifs is 1. The van der Waals surface area contributed by atoms with Gasteiger partial charge in [-0.2, -0.15) is 0 Å². The number of primary amides is 1. The molecule has 0 aliphatic carbocycles. The van der Waals surface area contributed by atoms with E-state index in [2.05, 4.69) is 15.3 Å². The lowest BCUT2D eigenvalue weighted by Crippen LogP contribution is -2.15. The van der Waals surface area contributed by atoms with Crippen LogP contribution in [-0.2, 0) is 4.79 Å². The van der Waals surface area contributed by atoms with Gasteiger partial charge in [-0.25, -0.2) is 14.4 Å². The Morgan fingerprint density at radius 2 is 1.79 bits per heavy atom. The fourth-order valence-corrected chi connectivity index (χ4v) is 2.57. The molecule has 3 aromatic rings. The van der Waals surface area contributed by atoms with Crippen LogP contribution in [-0.4, -0.2) is 28.4 Å². The molecule has 1 aromatic heterocycles. The van der Waals surface area contributed by atoms with Crippen molar-refractivity contribution in [3.05, 3.63) is 59.2 Å². The third kappa shape index (κ3) is 4.40. The first-order valence-electron chi connectivity index (χ1n) is 8.60. The van der Waals surface area contributed by atoms with Gasteiger partial charge < -0.3 is 15.8 Å². The van der Waals surface area contributed by atoms with E-state index in [9.17, 15) is 14.0 Å². The molecule has 8 heteroatoms. The molecule has 2 aromatic carbocycles. The zero-order valence-electron chi connectivity index (χ0n) is 15.5. The molecule has 1 heterocycles. The highest BCUT2D eigenvalue weighted by Gasteiger charge is 2.16. The smallest absolute Gasteiger partial charge is 0.258 e.